The van der Waals surface area contributed by atoms with Gasteiger partial charge in [0.15, 0.2) is 0 Å². The third-order valence-electron chi connectivity index (χ3n) is 4.43. The number of aliphatic hydroxyl groups is 1. The van der Waals surface area contributed by atoms with E-state index in [1.165, 1.54) is 0 Å². The molecule has 0 aromatic carbocycles. The van der Waals surface area contributed by atoms with Crippen LogP contribution in [0.15, 0.2) is 30.7 Å². The SMILES string of the molecule is COc1ccc(C(NC(=O)CCn2cc(Cl)cn2)C2CC(O)C2)cn1. The Morgan fingerprint density at radius 2 is 2.28 bits per heavy atom. The summed E-state index contributed by atoms with van der Waals surface area (Å²) < 4.78 is 6.72. The van der Waals surface area contributed by atoms with Gasteiger partial charge in [-0.25, -0.2) is 4.98 Å². The first-order valence-electron chi connectivity index (χ1n) is 8.20. The first-order valence-corrected chi connectivity index (χ1v) is 8.58. The van der Waals surface area contributed by atoms with E-state index in [1.807, 2.05) is 6.07 Å². The number of pyridine rings is 1. The van der Waals surface area contributed by atoms with Crippen molar-refractivity contribution in [2.45, 2.75) is 38.0 Å². The van der Waals surface area contributed by atoms with Crippen LogP contribution in [0.3, 0.4) is 0 Å². The summed E-state index contributed by atoms with van der Waals surface area (Å²) in [6.07, 6.45) is 6.29. The van der Waals surface area contributed by atoms with E-state index in [2.05, 4.69) is 15.4 Å². The molecule has 1 atom stereocenters. The van der Waals surface area contributed by atoms with Gasteiger partial charge in [0.2, 0.25) is 11.8 Å². The van der Waals surface area contributed by atoms with Gasteiger partial charge >= 0.3 is 0 Å². The van der Waals surface area contributed by atoms with E-state index in [4.69, 9.17) is 16.3 Å². The molecule has 1 amide bonds. The largest absolute Gasteiger partial charge is 0.481 e. The first kappa shape index (κ1) is 17.7. The Morgan fingerprint density at radius 3 is 2.84 bits per heavy atom. The highest BCUT2D eigenvalue weighted by Gasteiger charge is 2.35. The molecule has 3 rings (SSSR count). The lowest BCUT2D eigenvalue weighted by molar-refractivity contribution is -0.123. The molecule has 1 unspecified atom stereocenters. The second-order valence-corrected chi connectivity index (χ2v) is 6.67. The number of hydrogen-bond donors (Lipinski definition) is 2. The fourth-order valence-electron chi connectivity index (χ4n) is 2.99. The third-order valence-corrected chi connectivity index (χ3v) is 4.63. The summed E-state index contributed by atoms with van der Waals surface area (Å²) in [7, 11) is 1.56. The molecule has 0 saturated heterocycles. The minimum Gasteiger partial charge on any atom is -0.481 e. The first-order chi connectivity index (χ1) is 12.0. The van der Waals surface area contributed by atoms with Crippen LogP contribution in [0.5, 0.6) is 5.88 Å². The standard InChI is InChI=1S/C17H21ClN4O3/c1-25-16-3-2-11(8-19-16)17(12-6-14(23)7-12)21-15(24)4-5-22-10-13(18)9-20-22/h2-3,8-10,12,14,17,23H,4-7H2,1H3,(H,21,24). The van der Waals surface area contributed by atoms with E-state index in [0.717, 1.165) is 5.56 Å². The molecule has 1 saturated carbocycles. The van der Waals surface area contributed by atoms with Crippen LogP contribution >= 0.6 is 11.6 Å². The van der Waals surface area contributed by atoms with Crippen molar-refractivity contribution in [1.82, 2.24) is 20.1 Å². The highest BCUT2D eigenvalue weighted by Crippen LogP contribution is 2.38. The monoisotopic (exact) mass is 364 g/mol. The van der Waals surface area contributed by atoms with E-state index in [0.29, 0.717) is 36.7 Å². The topological polar surface area (TPSA) is 89.3 Å². The van der Waals surface area contributed by atoms with Crippen LogP contribution in [0.2, 0.25) is 5.02 Å². The maximum Gasteiger partial charge on any atom is 0.222 e. The molecular formula is C17H21ClN4O3. The zero-order valence-electron chi connectivity index (χ0n) is 13.9. The fraction of sp³-hybridized carbons (Fsp3) is 0.471. The fourth-order valence-corrected chi connectivity index (χ4v) is 3.15. The zero-order chi connectivity index (χ0) is 17.8. The van der Waals surface area contributed by atoms with Crippen LogP contribution < -0.4 is 10.1 Å². The number of halogens is 1. The molecular weight excluding hydrogens is 344 g/mol. The van der Waals surface area contributed by atoms with Gasteiger partial charge in [0, 0.05) is 31.4 Å². The number of carbonyl (C=O) groups is 1. The molecule has 0 spiro atoms. The summed E-state index contributed by atoms with van der Waals surface area (Å²) >= 11 is 5.82. The molecule has 1 aliphatic carbocycles. The maximum atomic E-state index is 12.4. The zero-order valence-corrected chi connectivity index (χ0v) is 14.7. The Hall–Kier alpha value is -2.12. The van der Waals surface area contributed by atoms with Crippen LogP contribution in [0.1, 0.15) is 30.9 Å². The van der Waals surface area contributed by atoms with Crippen LogP contribution in [-0.4, -0.2) is 39.0 Å². The molecule has 2 heterocycles. The highest BCUT2D eigenvalue weighted by atomic mass is 35.5. The lowest BCUT2D eigenvalue weighted by Gasteiger charge is -2.38. The molecule has 25 heavy (non-hydrogen) atoms. The Bertz CT molecular complexity index is 713. The predicted molar refractivity (Wildman–Crippen MR) is 92.3 cm³/mol. The smallest absolute Gasteiger partial charge is 0.222 e. The average molecular weight is 365 g/mol. The van der Waals surface area contributed by atoms with Gasteiger partial charge < -0.3 is 15.2 Å². The summed E-state index contributed by atoms with van der Waals surface area (Å²) in [6, 6.07) is 3.50. The third kappa shape index (κ3) is 4.49. The van der Waals surface area contributed by atoms with Gasteiger partial charge in [-0.3, -0.25) is 9.48 Å². The number of amides is 1. The van der Waals surface area contributed by atoms with Gasteiger partial charge in [0.1, 0.15) is 0 Å². The average Bonchev–Trinajstić information content (AvgIpc) is 3.01. The molecule has 0 aliphatic heterocycles. The van der Waals surface area contributed by atoms with Gasteiger partial charge in [0.25, 0.3) is 0 Å². The lowest BCUT2D eigenvalue weighted by Crippen LogP contribution is -2.41. The molecule has 1 aliphatic rings. The van der Waals surface area contributed by atoms with Crippen LogP contribution in [0.4, 0.5) is 0 Å². The molecule has 2 aromatic rings. The summed E-state index contributed by atoms with van der Waals surface area (Å²) in [5, 5.41) is 17.3. The number of hydrogen-bond acceptors (Lipinski definition) is 5. The second-order valence-electron chi connectivity index (χ2n) is 6.24. The van der Waals surface area contributed by atoms with E-state index < -0.39 is 0 Å². The van der Waals surface area contributed by atoms with Gasteiger partial charge in [0.05, 0.1) is 30.5 Å². The molecule has 0 bridgehead atoms. The number of nitrogens with one attached hydrogen (secondary N) is 1. The van der Waals surface area contributed by atoms with Crippen molar-refractivity contribution < 1.29 is 14.6 Å². The van der Waals surface area contributed by atoms with Gasteiger partial charge in [-0.2, -0.15) is 5.10 Å². The molecule has 2 aromatic heterocycles. The van der Waals surface area contributed by atoms with Crippen molar-refractivity contribution >= 4 is 17.5 Å². The predicted octanol–water partition coefficient (Wildman–Crippen LogP) is 1.96. The minimum absolute atomic E-state index is 0.0752. The number of ether oxygens (including phenoxy) is 1. The number of rotatable bonds is 7. The lowest BCUT2D eigenvalue weighted by atomic mass is 9.75. The molecule has 8 heteroatoms. The number of methoxy groups -OCH3 is 1. The summed E-state index contributed by atoms with van der Waals surface area (Å²) in [5.41, 5.74) is 0.910. The summed E-state index contributed by atoms with van der Waals surface area (Å²) in [4.78, 5) is 16.6. The Morgan fingerprint density at radius 1 is 1.48 bits per heavy atom. The number of aryl methyl sites for hydroxylation is 1. The Kier molecular flexibility index (Phi) is 5.55. The van der Waals surface area contributed by atoms with Crippen LogP contribution in [-0.2, 0) is 11.3 Å². The number of carbonyl (C=O) groups excluding carboxylic acids is 1. The summed E-state index contributed by atoms with van der Waals surface area (Å²) in [6.45, 7) is 0.458. The van der Waals surface area contributed by atoms with E-state index in [-0.39, 0.29) is 24.0 Å². The van der Waals surface area contributed by atoms with Gasteiger partial charge in [-0.15, -0.1) is 0 Å². The van der Waals surface area contributed by atoms with Crippen molar-refractivity contribution in [3.63, 3.8) is 0 Å². The van der Waals surface area contributed by atoms with Crippen LogP contribution in [0, 0.1) is 5.92 Å². The maximum absolute atomic E-state index is 12.4. The van der Waals surface area contributed by atoms with Crippen LogP contribution in [0.25, 0.3) is 0 Å². The number of aromatic nitrogens is 3. The van der Waals surface area contributed by atoms with Crippen molar-refractivity contribution in [3.05, 3.63) is 41.3 Å². The van der Waals surface area contributed by atoms with E-state index in [1.54, 1.807) is 36.4 Å². The van der Waals surface area contributed by atoms with Crippen molar-refractivity contribution in [1.29, 1.82) is 0 Å². The molecule has 134 valence electrons. The van der Waals surface area contributed by atoms with E-state index in [9.17, 15) is 9.90 Å². The molecule has 0 radical (unpaired) electrons. The number of nitrogens with zero attached hydrogens (tertiary/aromatic N) is 3. The van der Waals surface area contributed by atoms with Crippen molar-refractivity contribution in [3.8, 4) is 5.88 Å². The second kappa shape index (κ2) is 7.84. The van der Waals surface area contributed by atoms with E-state index >= 15 is 0 Å². The molecule has 7 nitrogen and oxygen atoms in total. The van der Waals surface area contributed by atoms with Gasteiger partial charge in [-0.05, 0) is 24.3 Å². The number of aliphatic hydroxyl groups excluding tert-OH is 1. The van der Waals surface area contributed by atoms with Crippen molar-refractivity contribution in [2.24, 2.45) is 5.92 Å². The Labute approximate surface area is 151 Å². The highest BCUT2D eigenvalue weighted by molar-refractivity contribution is 6.30. The minimum atomic E-state index is -0.290. The molecule has 2 N–H and O–H groups in total. The van der Waals surface area contributed by atoms with Crippen molar-refractivity contribution in [2.75, 3.05) is 7.11 Å². The normalized spacial score (nSPS) is 20.6. The summed E-state index contributed by atoms with van der Waals surface area (Å²) in [5.74, 6) is 0.653. The quantitative estimate of drug-likeness (QED) is 0.784. The molecule has 1 fully saturated rings. The Balaban J connectivity index is 1.63. The van der Waals surface area contributed by atoms with Gasteiger partial charge in [-0.1, -0.05) is 17.7 Å².